The van der Waals surface area contributed by atoms with Crippen LogP contribution in [0.3, 0.4) is 0 Å². The largest absolute Gasteiger partial charge is 0.497 e. The Labute approximate surface area is 222 Å². The van der Waals surface area contributed by atoms with Gasteiger partial charge in [-0.3, -0.25) is 9.78 Å². The number of hydrogen-bond acceptors (Lipinski definition) is 6. The molecule has 1 aliphatic carbocycles. The Morgan fingerprint density at radius 1 is 0.895 bits per heavy atom. The molecule has 1 aliphatic rings. The van der Waals surface area contributed by atoms with Gasteiger partial charge in [0.05, 0.1) is 38.2 Å². The van der Waals surface area contributed by atoms with E-state index in [9.17, 15) is 4.79 Å². The average molecular weight is 510 g/mol. The van der Waals surface area contributed by atoms with E-state index in [0.29, 0.717) is 17.2 Å². The standard InChI is InChI=1S/C31H31N3O4/c1-36-22-14-16-28(37-2)20(18-22)12-17-30(35)32-21-13-15-26-24(19-21)31(23-8-4-5-9-25(23)33-26)34-27-10-6-7-11-29(27)38-3/h6-7,10-19H,4-5,8-9H2,1-3H3,(H,32,35)(H,33,34)/b17-12+. The molecule has 0 fully saturated rings. The highest BCUT2D eigenvalue weighted by atomic mass is 16.5. The van der Waals surface area contributed by atoms with Gasteiger partial charge in [-0.05, 0) is 85.9 Å². The van der Waals surface area contributed by atoms with E-state index in [1.165, 1.54) is 11.6 Å². The molecule has 5 rings (SSSR count). The molecular weight excluding hydrogens is 478 g/mol. The summed E-state index contributed by atoms with van der Waals surface area (Å²) in [5.74, 6) is 1.86. The Morgan fingerprint density at radius 2 is 1.71 bits per heavy atom. The van der Waals surface area contributed by atoms with Crippen molar-refractivity contribution in [3.05, 3.63) is 83.6 Å². The lowest BCUT2D eigenvalue weighted by molar-refractivity contribution is -0.111. The lowest BCUT2D eigenvalue weighted by Crippen LogP contribution is -2.11. The fraction of sp³-hybridized carbons (Fsp3) is 0.226. The number of ether oxygens (including phenoxy) is 3. The van der Waals surface area contributed by atoms with Crippen LogP contribution >= 0.6 is 0 Å². The van der Waals surface area contributed by atoms with E-state index >= 15 is 0 Å². The topological polar surface area (TPSA) is 81.7 Å². The highest BCUT2D eigenvalue weighted by Gasteiger charge is 2.20. The number of aromatic nitrogens is 1. The maximum Gasteiger partial charge on any atom is 0.248 e. The van der Waals surface area contributed by atoms with E-state index in [4.69, 9.17) is 19.2 Å². The van der Waals surface area contributed by atoms with Gasteiger partial charge in [0, 0.05) is 28.4 Å². The molecule has 3 aromatic carbocycles. The minimum atomic E-state index is -0.251. The smallest absolute Gasteiger partial charge is 0.248 e. The number of methoxy groups -OCH3 is 3. The number of amides is 1. The van der Waals surface area contributed by atoms with Gasteiger partial charge in [-0.25, -0.2) is 0 Å². The number of aryl methyl sites for hydroxylation is 1. The highest BCUT2D eigenvalue weighted by Crippen LogP contribution is 2.38. The molecule has 0 aliphatic heterocycles. The van der Waals surface area contributed by atoms with Crippen LogP contribution in [0.2, 0.25) is 0 Å². The van der Waals surface area contributed by atoms with E-state index < -0.39 is 0 Å². The van der Waals surface area contributed by atoms with E-state index in [1.54, 1.807) is 27.4 Å². The van der Waals surface area contributed by atoms with Crippen LogP contribution in [0.1, 0.15) is 29.7 Å². The summed E-state index contributed by atoms with van der Waals surface area (Å²) in [5.41, 5.74) is 6.58. The minimum absolute atomic E-state index is 0.251. The van der Waals surface area contributed by atoms with E-state index in [-0.39, 0.29) is 5.91 Å². The zero-order valence-electron chi connectivity index (χ0n) is 21.8. The monoisotopic (exact) mass is 509 g/mol. The van der Waals surface area contributed by atoms with Crippen molar-refractivity contribution in [1.82, 2.24) is 4.98 Å². The second-order valence-corrected chi connectivity index (χ2v) is 9.11. The molecule has 194 valence electrons. The van der Waals surface area contributed by atoms with E-state index in [0.717, 1.165) is 65.0 Å². The van der Waals surface area contributed by atoms with Crippen LogP contribution < -0.4 is 24.8 Å². The molecule has 0 saturated heterocycles. The predicted octanol–water partition coefficient (Wildman–Crippen LogP) is 6.53. The van der Waals surface area contributed by atoms with Gasteiger partial charge in [-0.15, -0.1) is 0 Å². The fourth-order valence-electron chi connectivity index (χ4n) is 4.85. The number of benzene rings is 3. The molecule has 0 radical (unpaired) electrons. The molecule has 0 unspecified atom stereocenters. The third-order valence-corrected chi connectivity index (χ3v) is 6.75. The summed E-state index contributed by atoms with van der Waals surface area (Å²) < 4.78 is 16.3. The molecule has 38 heavy (non-hydrogen) atoms. The van der Waals surface area contributed by atoms with Crippen molar-refractivity contribution >= 4 is 39.9 Å². The van der Waals surface area contributed by atoms with Crippen LogP contribution in [0, 0.1) is 0 Å². The number of nitrogens with zero attached hydrogens (tertiary/aromatic N) is 1. The quantitative estimate of drug-likeness (QED) is 0.263. The molecule has 0 saturated carbocycles. The Kier molecular flexibility index (Phi) is 7.45. The maximum atomic E-state index is 12.9. The minimum Gasteiger partial charge on any atom is -0.497 e. The van der Waals surface area contributed by atoms with Crippen molar-refractivity contribution in [2.45, 2.75) is 25.7 Å². The Bertz CT molecular complexity index is 1510. The van der Waals surface area contributed by atoms with Gasteiger partial charge in [-0.1, -0.05) is 12.1 Å². The van der Waals surface area contributed by atoms with Crippen molar-refractivity contribution in [1.29, 1.82) is 0 Å². The fourth-order valence-corrected chi connectivity index (χ4v) is 4.85. The number of fused-ring (bicyclic) bond motifs is 2. The first-order chi connectivity index (χ1) is 18.6. The number of carbonyl (C=O) groups excluding carboxylic acids is 1. The summed E-state index contributed by atoms with van der Waals surface area (Å²) in [5, 5.41) is 7.57. The first-order valence-electron chi connectivity index (χ1n) is 12.7. The number of carbonyl (C=O) groups is 1. The number of pyridine rings is 1. The molecule has 2 N–H and O–H groups in total. The molecule has 0 bridgehead atoms. The van der Waals surface area contributed by atoms with Crippen molar-refractivity contribution in [3.63, 3.8) is 0 Å². The predicted molar refractivity (Wildman–Crippen MR) is 152 cm³/mol. The number of anilines is 3. The maximum absolute atomic E-state index is 12.9. The van der Waals surface area contributed by atoms with Crippen molar-refractivity contribution in [2.24, 2.45) is 0 Å². The molecule has 7 nitrogen and oxygen atoms in total. The average Bonchev–Trinajstić information content (AvgIpc) is 2.96. The van der Waals surface area contributed by atoms with Gasteiger partial charge in [-0.2, -0.15) is 0 Å². The van der Waals surface area contributed by atoms with Crippen molar-refractivity contribution in [3.8, 4) is 17.2 Å². The van der Waals surface area contributed by atoms with Gasteiger partial charge >= 0.3 is 0 Å². The number of rotatable bonds is 8. The molecule has 1 heterocycles. The Hall–Kier alpha value is -4.52. The number of nitrogens with one attached hydrogen (secondary N) is 2. The van der Waals surface area contributed by atoms with Crippen molar-refractivity contribution in [2.75, 3.05) is 32.0 Å². The van der Waals surface area contributed by atoms with E-state index in [1.807, 2.05) is 60.7 Å². The lowest BCUT2D eigenvalue weighted by atomic mass is 9.92. The number of hydrogen-bond donors (Lipinski definition) is 2. The van der Waals surface area contributed by atoms with Crippen LogP contribution in [0.4, 0.5) is 17.1 Å². The summed E-state index contributed by atoms with van der Waals surface area (Å²) in [6.45, 7) is 0. The van der Waals surface area contributed by atoms with Crippen LogP contribution in [0.25, 0.3) is 17.0 Å². The van der Waals surface area contributed by atoms with Gasteiger partial charge in [0.1, 0.15) is 17.2 Å². The second-order valence-electron chi connectivity index (χ2n) is 9.11. The second kappa shape index (κ2) is 11.3. The molecule has 1 aromatic heterocycles. The number of para-hydroxylation sites is 2. The van der Waals surface area contributed by atoms with Gasteiger partial charge < -0.3 is 24.8 Å². The summed E-state index contributed by atoms with van der Waals surface area (Å²) >= 11 is 0. The third-order valence-electron chi connectivity index (χ3n) is 6.75. The van der Waals surface area contributed by atoms with Crippen LogP contribution in [0.5, 0.6) is 17.2 Å². The normalized spacial score (nSPS) is 12.7. The summed E-state index contributed by atoms with van der Waals surface area (Å²) in [4.78, 5) is 17.8. The molecule has 7 heteroatoms. The molecule has 1 amide bonds. The zero-order chi connectivity index (χ0) is 26.5. The lowest BCUT2D eigenvalue weighted by Gasteiger charge is -2.22. The van der Waals surface area contributed by atoms with E-state index in [2.05, 4.69) is 10.6 Å². The highest BCUT2D eigenvalue weighted by molar-refractivity contribution is 6.04. The van der Waals surface area contributed by atoms with Crippen LogP contribution in [0.15, 0.2) is 66.7 Å². The molecule has 0 atom stereocenters. The molecule has 4 aromatic rings. The van der Waals surface area contributed by atoms with Gasteiger partial charge in [0.25, 0.3) is 0 Å². The summed E-state index contributed by atoms with van der Waals surface area (Å²) in [6.07, 6.45) is 7.37. The Morgan fingerprint density at radius 3 is 2.53 bits per heavy atom. The summed E-state index contributed by atoms with van der Waals surface area (Å²) in [6, 6.07) is 19.1. The van der Waals surface area contributed by atoms with Crippen molar-refractivity contribution < 1.29 is 19.0 Å². The first-order valence-corrected chi connectivity index (χ1v) is 12.7. The van der Waals surface area contributed by atoms with Crippen LogP contribution in [-0.4, -0.2) is 32.2 Å². The molecule has 0 spiro atoms. The van der Waals surface area contributed by atoms with Gasteiger partial charge in [0.15, 0.2) is 0 Å². The summed E-state index contributed by atoms with van der Waals surface area (Å²) in [7, 11) is 4.87. The first kappa shape index (κ1) is 25.1. The van der Waals surface area contributed by atoms with Gasteiger partial charge in [0.2, 0.25) is 5.91 Å². The van der Waals surface area contributed by atoms with Crippen LogP contribution in [-0.2, 0) is 17.6 Å². The zero-order valence-corrected chi connectivity index (χ0v) is 21.8. The SMILES string of the molecule is COc1ccc(OC)c(/C=C/C(=O)Nc2ccc3nc4c(c(Nc5ccccc5OC)c3c2)CCCC4)c1. The third kappa shape index (κ3) is 5.27. The Balaban J connectivity index is 1.47. The molecular formula is C31H31N3O4.